The van der Waals surface area contributed by atoms with Crippen molar-refractivity contribution in [2.75, 3.05) is 13.2 Å². The molecular weight excluding hydrogens is 316 g/mol. The quantitative estimate of drug-likeness (QED) is 0.417. The fraction of sp³-hybridized carbons (Fsp3) is 0.500. The van der Waals surface area contributed by atoms with Crippen molar-refractivity contribution in [3.8, 4) is 6.07 Å². The highest BCUT2D eigenvalue weighted by atomic mass is 16.7. The molecule has 0 aromatic heterocycles. The van der Waals surface area contributed by atoms with E-state index >= 15 is 0 Å². The average Bonchev–Trinajstić information content (AvgIpc) is 2.54. The van der Waals surface area contributed by atoms with Crippen LogP contribution in [0.1, 0.15) is 37.0 Å². The molecule has 1 N–H and O–H groups in total. The lowest BCUT2D eigenvalue weighted by Crippen LogP contribution is -2.17. The molecule has 0 heterocycles. The Balaban J connectivity index is 2.43. The van der Waals surface area contributed by atoms with Crippen LogP contribution in [-0.2, 0) is 15.9 Å². The van der Waals surface area contributed by atoms with Gasteiger partial charge in [0.25, 0.3) is 0 Å². The van der Waals surface area contributed by atoms with E-state index in [1.807, 2.05) is 6.07 Å². The number of benzene rings is 1. The number of carbonyl (C=O) groups is 1. The van der Waals surface area contributed by atoms with Crippen molar-refractivity contribution in [2.24, 2.45) is 0 Å². The molecule has 2 atom stereocenters. The minimum absolute atomic E-state index is 0.186. The molecule has 0 saturated heterocycles. The molecule has 2 unspecified atom stereocenters. The predicted octanol–water partition coefficient (Wildman–Crippen LogP) is 2.38. The Bertz CT molecular complexity index is 581. The summed E-state index contributed by atoms with van der Waals surface area (Å²) in [7, 11) is 0. The van der Waals surface area contributed by atoms with Gasteiger partial charge in [-0.2, -0.15) is 5.26 Å². The van der Waals surface area contributed by atoms with E-state index in [1.54, 1.807) is 31.2 Å². The van der Waals surface area contributed by atoms with Crippen LogP contribution in [0.5, 0.6) is 0 Å². The molecule has 0 amide bonds. The van der Waals surface area contributed by atoms with E-state index in [2.05, 4.69) is 4.74 Å². The van der Waals surface area contributed by atoms with Crippen LogP contribution in [0.4, 0.5) is 4.79 Å². The molecule has 0 aliphatic heterocycles. The fourth-order valence-corrected chi connectivity index (χ4v) is 2.06. The van der Waals surface area contributed by atoms with E-state index in [0.29, 0.717) is 24.8 Å². The van der Waals surface area contributed by atoms with Crippen LogP contribution in [0.15, 0.2) is 24.3 Å². The van der Waals surface area contributed by atoms with Crippen molar-refractivity contribution in [3.63, 3.8) is 0 Å². The zero-order valence-electron chi connectivity index (χ0n) is 13.4. The molecule has 1 rings (SSSR count). The van der Waals surface area contributed by atoms with Crippen LogP contribution in [0.25, 0.3) is 0 Å². The maximum atomic E-state index is 11.2. The highest BCUT2D eigenvalue weighted by Gasteiger charge is 2.15. The summed E-state index contributed by atoms with van der Waals surface area (Å²) in [6.45, 7) is 1.30. The van der Waals surface area contributed by atoms with E-state index < -0.39 is 29.8 Å². The van der Waals surface area contributed by atoms with E-state index in [9.17, 15) is 20.0 Å². The SMILES string of the molecule is CCOC(=O)OC(C#N)CCCc1ccc(C(O)C[N+](=O)[O-])cc1. The Morgan fingerprint density at radius 1 is 1.42 bits per heavy atom. The van der Waals surface area contributed by atoms with E-state index in [1.165, 1.54) is 0 Å². The lowest BCUT2D eigenvalue weighted by Gasteiger charge is -2.11. The Labute approximate surface area is 139 Å². The van der Waals surface area contributed by atoms with Gasteiger partial charge in [0, 0.05) is 4.92 Å². The van der Waals surface area contributed by atoms with E-state index in [-0.39, 0.29) is 6.61 Å². The monoisotopic (exact) mass is 336 g/mol. The van der Waals surface area contributed by atoms with Crippen LogP contribution < -0.4 is 0 Å². The van der Waals surface area contributed by atoms with Gasteiger partial charge in [-0.05, 0) is 37.3 Å². The van der Waals surface area contributed by atoms with Crippen molar-refractivity contribution in [2.45, 2.75) is 38.4 Å². The molecule has 0 aliphatic carbocycles. The zero-order valence-corrected chi connectivity index (χ0v) is 13.4. The van der Waals surface area contributed by atoms with Crippen molar-refractivity contribution in [1.29, 1.82) is 5.26 Å². The molecular formula is C16H20N2O6. The molecule has 0 spiro atoms. The molecule has 24 heavy (non-hydrogen) atoms. The van der Waals surface area contributed by atoms with Gasteiger partial charge in [0.2, 0.25) is 6.54 Å². The molecule has 0 saturated carbocycles. The second-order valence-electron chi connectivity index (χ2n) is 5.08. The first kappa shape index (κ1) is 19.4. The Morgan fingerprint density at radius 3 is 2.62 bits per heavy atom. The first-order valence-corrected chi connectivity index (χ1v) is 7.58. The van der Waals surface area contributed by atoms with Crippen LogP contribution in [0, 0.1) is 21.4 Å². The summed E-state index contributed by atoms with van der Waals surface area (Å²) in [6, 6.07) is 8.72. The largest absolute Gasteiger partial charge is 0.509 e. The first-order chi connectivity index (χ1) is 11.5. The van der Waals surface area contributed by atoms with E-state index in [0.717, 1.165) is 5.56 Å². The molecule has 1 aromatic rings. The molecule has 1 aromatic carbocycles. The first-order valence-electron chi connectivity index (χ1n) is 7.58. The number of nitriles is 1. The fourth-order valence-electron chi connectivity index (χ4n) is 2.06. The van der Waals surface area contributed by atoms with Gasteiger partial charge in [0.1, 0.15) is 12.2 Å². The number of hydrogen-bond donors (Lipinski definition) is 1. The Morgan fingerprint density at radius 2 is 2.08 bits per heavy atom. The van der Waals surface area contributed by atoms with Gasteiger partial charge in [-0.25, -0.2) is 4.79 Å². The van der Waals surface area contributed by atoms with Crippen molar-refractivity contribution < 1.29 is 24.3 Å². The molecule has 130 valence electrons. The Kier molecular flexibility index (Phi) is 8.22. The van der Waals surface area contributed by atoms with Crippen LogP contribution in [0.3, 0.4) is 0 Å². The highest BCUT2D eigenvalue weighted by Crippen LogP contribution is 2.16. The summed E-state index contributed by atoms with van der Waals surface area (Å²) in [5.41, 5.74) is 1.44. The predicted molar refractivity (Wildman–Crippen MR) is 83.7 cm³/mol. The second-order valence-corrected chi connectivity index (χ2v) is 5.08. The summed E-state index contributed by atoms with van der Waals surface area (Å²) in [5, 5.41) is 29.0. The Hall–Kier alpha value is -2.66. The minimum Gasteiger partial charge on any atom is -0.435 e. The highest BCUT2D eigenvalue weighted by molar-refractivity contribution is 5.60. The number of aliphatic hydroxyl groups excluding tert-OH is 1. The average molecular weight is 336 g/mol. The standard InChI is InChI=1S/C16H20N2O6/c1-2-23-16(20)24-14(10-17)5-3-4-12-6-8-13(9-7-12)15(19)11-18(21)22/h6-9,14-15,19H,2-5,11H2,1H3. The maximum Gasteiger partial charge on any atom is 0.509 e. The van der Waals surface area contributed by atoms with Gasteiger partial charge in [0.05, 0.1) is 6.61 Å². The van der Waals surface area contributed by atoms with Crippen molar-refractivity contribution in [1.82, 2.24) is 0 Å². The number of hydrogen-bond acceptors (Lipinski definition) is 7. The number of aliphatic hydroxyl groups is 1. The summed E-state index contributed by atoms with van der Waals surface area (Å²) in [6.07, 6.45) is -1.20. The van der Waals surface area contributed by atoms with Gasteiger partial charge in [-0.15, -0.1) is 0 Å². The number of aryl methyl sites for hydroxylation is 1. The lowest BCUT2D eigenvalue weighted by molar-refractivity contribution is -0.491. The lowest BCUT2D eigenvalue weighted by atomic mass is 10.0. The summed E-state index contributed by atoms with van der Waals surface area (Å²) in [5.74, 6) is 0. The van der Waals surface area contributed by atoms with Crippen LogP contribution in [0.2, 0.25) is 0 Å². The third-order valence-electron chi connectivity index (χ3n) is 3.26. The zero-order chi connectivity index (χ0) is 17.9. The smallest absolute Gasteiger partial charge is 0.435 e. The topological polar surface area (TPSA) is 123 Å². The molecule has 8 nitrogen and oxygen atoms in total. The number of carbonyl (C=O) groups excluding carboxylic acids is 1. The van der Waals surface area contributed by atoms with E-state index in [4.69, 9.17) is 10.00 Å². The third-order valence-corrected chi connectivity index (χ3v) is 3.26. The number of nitrogens with zero attached hydrogens (tertiary/aromatic N) is 2. The van der Waals surface area contributed by atoms with Crippen LogP contribution >= 0.6 is 0 Å². The van der Waals surface area contributed by atoms with Crippen molar-refractivity contribution >= 4 is 6.16 Å². The maximum absolute atomic E-state index is 11.2. The van der Waals surface area contributed by atoms with Crippen LogP contribution in [-0.4, -0.2) is 35.4 Å². The summed E-state index contributed by atoms with van der Waals surface area (Å²) >= 11 is 0. The van der Waals surface area contributed by atoms with Crippen molar-refractivity contribution in [3.05, 3.63) is 45.5 Å². The number of nitro groups is 1. The molecule has 0 aliphatic rings. The van der Waals surface area contributed by atoms with Gasteiger partial charge < -0.3 is 14.6 Å². The molecule has 0 bridgehead atoms. The van der Waals surface area contributed by atoms with Gasteiger partial charge >= 0.3 is 6.16 Å². The number of rotatable bonds is 9. The van der Waals surface area contributed by atoms with Gasteiger partial charge in [0.15, 0.2) is 6.10 Å². The van der Waals surface area contributed by atoms with Gasteiger partial charge in [-0.3, -0.25) is 10.1 Å². The third kappa shape index (κ3) is 7.07. The normalized spacial score (nSPS) is 12.7. The molecule has 0 radical (unpaired) electrons. The minimum atomic E-state index is -1.13. The summed E-state index contributed by atoms with van der Waals surface area (Å²) < 4.78 is 9.46. The summed E-state index contributed by atoms with van der Waals surface area (Å²) in [4.78, 5) is 21.0. The second kappa shape index (κ2) is 10.2. The molecule has 0 fully saturated rings. The van der Waals surface area contributed by atoms with Gasteiger partial charge in [-0.1, -0.05) is 24.3 Å². The number of ether oxygens (including phenoxy) is 2. The molecule has 8 heteroatoms.